The molecule has 0 aliphatic rings. The highest BCUT2D eigenvalue weighted by atomic mass is 35.5. The molecule has 1 amide bonds. The first-order chi connectivity index (χ1) is 11.1. The first kappa shape index (κ1) is 15.6. The van der Waals surface area contributed by atoms with Gasteiger partial charge in [0.15, 0.2) is 0 Å². The molecule has 2 heterocycles. The van der Waals surface area contributed by atoms with Gasteiger partial charge in [-0.05, 0) is 42.7 Å². The molecule has 4 nitrogen and oxygen atoms in total. The number of aryl methyl sites for hydroxylation is 2. The van der Waals surface area contributed by atoms with Gasteiger partial charge in [-0.15, -0.1) is 0 Å². The van der Waals surface area contributed by atoms with Crippen molar-refractivity contribution in [2.24, 2.45) is 0 Å². The van der Waals surface area contributed by atoms with Gasteiger partial charge < -0.3 is 5.32 Å². The molecule has 0 fully saturated rings. The molecule has 3 aromatic rings. The summed E-state index contributed by atoms with van der Waals surface area (Å²) in [6.45, 7) is 4.40. The van der Waals surface area contributed by atoms with E-state index in [1.165, 1.54) is 0 Å². The number of fused-ring (bicyclic) bond motifs is 1. The molecule has 0 radical (unpaired) electrons. The van der Waals surface area contributed by atoms with Crippen LogP contribution in [0.3, 0.4) is 0 Å². The average Bonchev–Trinajstić information content (AvgIpc) is 2.91. The summed E-state index contributed by atoms with van der Waals surface area (Å²) in [5.74, 6) is -0.141. The van der Waals surface area contributed by atoms with Crippen LogP contribution in [0.4, 0.5) is 0 Å². The molecule has 23 heavy (non-hydrogen) atoms. The Morgan fingerprint density at radius 2 is 2.09 bits per heavy atom. The van der Waals surface area contributed by atoms with E-state index in [1.54, 1.807) is 0 Å². The normalized spacial score (nSPS) is 10.9. The number of benzene rings is 1. The van der Waals surface area contributed by atoms with E-state index >= 15 is 0 Å². The summed E-state index contributed by atoms with van der Waals surface area (Å²) in [5, 5.41) is 3.59. The summed E-state index contributed by atoms with van der Waals surface area (Å²) < 4.78 is 1.84. The van der Waals surface area contributed by atoms with Gasteiger partial charge in [-0.2, -0.15) is 0 Å². The fourth-order valence-electron chi connectivity index (χ4n) is 2.58. The van der Waals surface area contributed by atoms with Crippen molar-refractivity contribution in [1.82, 2.24) is 14.7 Å². The van der Waals surface area contributed by atoms with Crippen molar-refractivity contribution in [1.29, 1.82) is 0 Å². The molecule has 1 N–H and O–H groups in total. The number of imidazole rings is 1. The van der Waals surface area contributed by atoms with Crippen molar-refractivity contribution >= 4 is 23.2 Å². The van der Waals surface area contributed by atoms with Gasteiger partial charge >= 0.3 is 0 Å². The molecule has 5 heteroatoms. The van der Waals surface area contributed by atoms with Crippen LogP contribution in [0.1, 0.15) is 34.2 Å². The number of nitrogens with one attached hydrogen (secondary N) is 1. The zero-order valence-corrected chi connectivity index (χ0v) is 13.9. The van der Waals surface area contributed by atoms with Crippen LogP contribution in [0.25, 0.3) is 5.65 Å². The van der Waals surface area contributed by atoms with Gasteiger partial charge in [0.05, 0.1) is 5.69 Å². The van der Waals surface area contributed by atoms with Crippen molar-refractivity contribution < 1.29 is 4.79 Å². The number of nitrogens with zero attached hydrogens (tertiary/aromatic N) is 2. The minimum atomic E-state index is -0.141. The van der Waals surface area contributed by atoms with Crippen LogP contribution >= 0.6 is 11.6 Å². The Labute approximate surface area is 140 Å². The number of rotatable bonds is 4. The monoisotopic (exact) mass is 327 g/mol. The van der Waals surface area contributed by atoms with Crippen LogP contribution in [-0.4, -0.2) is 15.3 Å². The molecule has 3 rings (SSSR count). The van der Waals surface area contributed by atoms with Crippen molar-refractivity contribution in [3.8, 4) is 0 Å². The van der Waals surface area contributed by atoms with Gasteiger partial charge in [-0.25, -0.2) is 4.98 Å². The van der Waals surface area contributed by atoms with Gasteiger partial charge in [0.1, 0.15) is 11.3 Å². The van der Waals surface area contributed by atoms with Crippen LogP contribution < -0.4 is 5.32 Å². The van der Waals surface area contributed by atoms with E-state index in [0.29, 0.717) is 23.7 Å². The molecule has 0 unspecified atom stereocenters. The highest BCUT2D eigenvalue weighted by Crippen LogP contribution is 2.17. The van der Waals surface area contributed by atoms with Crippen molar-refractivity contribution in [3.05, 3.63) is 70.1 Å². The number of carbonyl (C=O) groups is 1. The maximum Gasteiger partial charge on any atom is 0.270 e. The predicted molar refractivity (Wildman–Crippen MR) is 91.9 cm³/mol. The summed E-state index contributed by atoms with van der Waals surface area (Å²) in [6, 6.07) is 11.4. The van der Waals surface area contributed by atoms with E-state index in [-0.39, 0.29) is 5.91 Å². The molecular weight excluding hydrogens is 310 g/mol. The molecule has 0 aliphatic heterocycles. The van der Waals surface area contributed by atoms with Crippen molar-refractivity contribution in [3.63, 3.8) is 0 Å². The summed E-state index contributed by atoms with van der Waals surface area (Å²) >= 11 is 6.13. The van der Waals surface area contributed by atoms with Crippen LogP contribution in [0, 0.1) is 6.92 Å². The molecule has 0 saturated carbocycles. The molecule has 0 aliphatic carbocycles. The van der Waals surface area contributed by atoms with E-state index < -0.39 is 0 Å². The number of amides is 1. The van der Waals surface area contributed by atoms with Crippen molar-refractivity contribution in [2.45, 2.75) is 26.8 Å². The number of aromatic nitrogens is 2. The second-order valence-corrected chi connectivity index (χ2v) is 5.87. The lowest BCUT2D eigenvalue weighted by Gasteiger charge is -2.08. The molecule has 0 atom stereocenters. The second kappa shape index (κ2) is 6.42. The highest BCUT2D eigenvalue weighted by Gasteiger charge is 2.18. The molecule has 0 bridgehead atoms. The minimum Gasteiger partial charge on any atom is -0.347 e. The Hall–Kier alpha value is -2.33. The van der Waals surface area contributed by atoms with Gasteiger partial charge in [-0.1, -0.05) is 36.7 Å². The number of hydrogen-bond acceptors (Lipinski definition) is 2. The SMILES string of the molecule is CCc1nc2cc(C)ccn2c1C(=O)NCc1ccccc1Cl. The predicted octanol–water partition coefficient (Wildman–Crippen LogP) is 3.79. The zero-order chi connectivity index (χ0) is 16.4. The minimum absolute atomic E-state index is 0.141. The lowest BCUT2D eigenvalue weighted by atomic mass is 10.2. The number of halogens is 1. The van der Waals surface area contributed by atoms with Crippen LogP contribution in [0.5, 0.6) is 0 Å². The quantitative estimate of drug-likeness (QED) is 0.792. The third-order valence-electron chi connectivity index (χ3n) is 3.80. The van der Waals surface area contributed by atoms with Crippen molar-refractivity contribution in [2.75, 3.05) is 0 Å². The fourth-order valence-corrected chi connectivity index (χ4v) is 2.79. The van der Waals surface area contributed by atoms with Crippen LogP contribution in [0.2, 0.25) is 5.02 Å². The topological polar surface area (TPSA) is 46.4 Å². The first-order valence-electron chi connectivity index (χ1n) is 7.59. The molecule has 0 spiro atoms. The third-order valence-corrected chi connectivity index (χ3v) is 4.17. The van der Waals surface area contributed by atoms with E-state index in [2.05, 4.69) is 10.3 Å². The maximum absolute atomic E-state index is 12.7. The molecular formula is C18H18ClN3O. The third kappa shape index (κ3) is 3.08. The largest absolute Gasteiger partial charge is 0.347 e. The van der Waals surface area contributed by atoms with E-state index in [4.69, 9.17) is 11.6 Å². The summed E-state index contributed by atoms with van der Waals surface area (Å²) in [4.78, 5) is 17.2. The highest BCUT2D eigenvalue weighted by molar-refractivity contribution is 6.31. The van der Waals surface area contributed by atoms with E-state index in [1.807, 2.05) is 60.8 Å². The number of carbonyl (C=O) groups excluding carboxylic acids is 1. The first-order valence-corrected chi connectivity index (χ1v) is 7.97. The Kier molecular flexibility index (Phi) is 4.35. The Morgan fingerprint density at radius 1 is 1.30 bits per heavy atom. The van der Waals surface area contributed by atoms with E-state index in [0.717, 1.165) is 22.5 Å². The van der Waals surface area contributed by atoms with Crippen LogP contribution in [-0.2, 0) is 13.0 Å². The van der Waals surface area contributed by atoms with E-state index in [9.17, 15) is 4.79 Å². The zero-order valence-electron chi connectivity index (χ0n) is 13.1. The summed E-state index contributed by atoms with van der Waals surface area (Å²) in [5.41, 5.74) is 4.20. The van der Waals surface area contributed by atoms with Gasteiger partial charge in [0.25, 0.3) is 5.91 Å². The standard InChI is InChI=1S/C18H18ClN3O/c1-3-15-17(22-9-8-12(2)10-16(22)21-15)18(23)20-11-13-6-4-5-7-14(13)19/h4-10H,3,11H2,1-2H3,(H,20,23). The lowest BCUT2D eigenvalue weighted by molar-refractivity contribution is 0.0944. The molecule has 118 valence electrons. The summed E-state index contributed by atoms with van der Waals surface area (Å²) in [6.07, 6.45) is 2.59. The lowest BCUT2D eigenvalue weighted by Crippen LogP contribution is -2.25. The van der Waals surface area contributed by atoms with Gasteiger partial charge in [-0.3, -0.25) is 9.20 Å². The Balaban J connectivity index is 1.90. The smallest absolute Gasteiger partial charge is 0.270 e. The Bertz CT molecular complexity index is 870. The molecule has 0 saturated heterocycles. The fraction of sp³-hybridized carbons (Fsp3) is 0.222. The number of hydrogen-bond donors (Lipinski definition) is 1. The van der Waals surface area contributed by atoms with Crippen LogP contribution in [0.15, 0.2) is 42.6 Å². The molecule has 1 aromatic carbocycles. The second-order valence-electron chi connectivity index (χ2n) is 5.47. The summed E-state index contributed by atoms with van der Waals surface area (Å²) in [7, 11) is 0. The average molecular weight is 328 g/mol. The Morgan fingerprint density at radius 3 is 2.83 bits per heavy atom. The van der Waals surface area contributed by atoms with Gasteiger partial charge in [0.2, 0.25) is 0 Å². The number of pyridine rings is 1. The maximum atomic E-state index is 12.7. The molecule has 2 aromatic heterocycles. The van der Waals surface area contributed by atoms with Gasteiger partial charge in [0, 0.05) is 17.8 Å².